The molecule has 5 rings (SSSR count). The lowest BCUT2D eigenvalue weighted by molar-refractivity contribution is -0.121. The third-order valence-corrected chi connectivity index (χ3v) is 7.47. The Labute approximate surface area is 209 Å². The van der Waals surface area contributed by atoms with E-state index in [0.29, 0.717) is 11.6 Å². The highest BCUT2D eigenvalue weighted by Crippen LogP contribution is 2.42. The average molecular weight is 482 g/mol. The van der Waals surface area contributed by atoms with Crippen LogP contribution in [0.15, 0.2) is 84.2 Å². The molecule has 1 aliphatic rings. The van der Waals surface area contributed by atoms with Crippen LogP contribution in [0.3, 0.4) is 0 Å². The first-order valence-electron chi connectivity index (χ1n) is 11.6. The maximum Gasteiger partial charge on any atom is 0.236 e. The number of carbonyl (C=O) groups is 2. The lowest BCUT2D eigenvalue weighted by Gasteiger charge is -2.17. The van der Waals surface area contributed by atoms with Crippen molar-refractivity contribution in [3.05, 3.63) is 101 Å². The zero-order valence-electron chi connectivity index (χ0n) is 20.0. The zero-order valence-corrected chi connectivity index (χ0v) is 20.8. The normalized spacial score (nSPS) is 14.3. The molecule has 5 nitrogen and oxygen atoms in total. The predicted molar refractivity (Wildman–Crippen MR) is 142 cm³/mol. The molecule has 1 N–H and O–H groups in total. The largest absolute Gasteiger partial charge is 0.314 e. The summed E-state index contributed by atoms with van der Waals surface area (Å²) in [6.45, 7) is 3.90. The van der Waals surface area contributed by atoms with Gasteiger partial charge in [0.25, 0.3) is 0 Å². The van der Waals surface area contributed by atoms with Gasteiger partial charge < -0.3 is 10.2 Å². The van der Waals surface area contributed by atoms with Gasteiger partial charge in [-0.3, -0.25) is 9.59 Å². The summed E-state index contributed by atoms with van der Waals surface area (Å²) in [6.07, 6.45) is 0.324. The van der Waals surface area contributed by atoms with E-state index in [4.69, 9.17) is 0 Å². The first-order valence-corrected chi connectivity index (χ1v) is 12.5. The smallest absolute Gasteiger partial charge is 0.236 e. The Hall–Kier alpha value is -3.77. The fourth-order valence-electron chi connectivity index (χ4n) is 4.75. The van der Waals surface area contributed by atoms with E-state index in [1.807, 2.05) is 80.9 Å². The molecule has 1 aromatic heterocycles. The van der Waals surface area contributed by atoms with E-state index in [0.717, 1.165) is 33.6 Å². The SMILES string of the molecule is CN1C(=O)C(C)(C)c2cc(-c3csc(NC(=O)CC(c4ccccc4)c4ccccc4)n3)ccc21. The zero-order chi connectivity index (χ0) is 24.6. The second-order valence-corrected chi connectivity index (χ2v) is 10.2. The van der Waals surface area contributed by atoms with Gasteiger partial charge in [-0.15, -0.1) is 11.3 Å². The van der Waals surface area contributed by atoms with Crippen molar-refractivity contribution in [1.29, 1.82) is 0 Å². The van der Waals surface area contributed by atoms with E-state index in [1.165, 1.54) is 11.3 Å². The number of thiazole rings is 1. The third kappa shape index (κ3) is 4.37. The van der Waals surface area contributed by atoms with E-state index >= 15 is 0 Å². The number of aromatic nitrogens is 1. The van der Waals surface area contributed by atoms with Crippen molar-refractivity contribution in [3.63, 3.8) is 0 Å². The molecule has 3 aromatic carbocycles. The van der Waals surface area contributed by atoms with Crippen molar-refractivity contribution in [3.8, 4) is 11.3 Å². The molecule has 0 saturated heterocycles. The molecule has 6 heteroatoms. The highest BCUT2D eigenvalue weighted by atomic mass is 32.1. The topological polar surface area (TPSA) is 62.3 Å². The van der Waals surface area contributed by atoms with Gasteiger partial charge in [0.15, 0.2) is 5.13 Å². The number of benzene rings is 3. The van der Waals surface area contributed by atoms with Crippen LogP contribution in [0, 0.1) is 0 Å². The Morgan fingerprint density at radius 1 is 1.00 bits per heavy atom. The van der Waals surface area contributed by atoms with E-state index in [2.05, 4.69) is 34.6 Å². The van der Waals surface area contributed by atoms with Crippen LogP contribution in [0.25, 0.3) is 11.3 Å². The Morgan fingerprint density at radius 3 is 2.26 bits per heavy atom. The summed E-state index contributed by atoms with van der Waals surface area (Å²) in [5.41, 5.74) is 5.28. The van der Waals surface area contributed by atoms with E-state index in [9.17, 15) is 9.59 Å². The van der Waals surface area contributed by atoms with Gasteiger partial charge >= 0.3 is 0 Å². The molecular formula is C29H27N3O2S. The van der Waals surface area contributed by atoms with Crippen LogP contribution in [0.4, 0.5) is 10.8 Å². The minimum Gasteiger partial charge on any atom is -0.314 e. The van der Waals surface area contributed by atoms with Gasteiger partial charge in [0.1, 0.15) is 0 Å². The summed E-state index contributed by atoms with van der Waals surface area (Å²) < 4.78 is 0. The summed E-state index contributed by atoms with van der Waals surface area (Å²) in [7, 11) is 1.81. The molecule has 0 radical (unpaired) electrons. The Kier molecular flexibility index (Phi) is 5.99. The van der Waals surface area contributed by atoms with Crippen molar-refractivity contribution >= 4 is 34.0 Å². The van der Waals surface area contributed by atoms with Crippen LogP contribution in [-0.2, 0) is 15.0 Å². The number of nitrogens with one attached hydrogen (secondary N) is 1. The summed E-state index contributed by atoms with van der Waals surface area (Å²) in [5, 5.41) is 5.50. The van der Waals surface area contributed by atoms with Gasteiger partial charge in [0.2, 0.25) is 11.8 Å². The first kappa shape index (κ1) is 23.0. The fourth-order valence-corrected chi connectivity index (χ4v) is 5.49. The molecule has 0 saturated carbocycles. The van der Waals surface area contributed by atoms with Crippen LogP contribution >= 0.6 is 11.3 Å². The van der Waals surface area contributed by atoms with E-state index in [-0.39, 0.29) is 17.7 Å². The van der Waals surface area contributed by atoms with Crippen LogP contribution in [0.2, 0.25) is 0 Å². The molecule has 176 valence electrons. The summed E-state index contributed by atoms with van der Waals surface area (Å²) >= 11 is 1.41. The van der Waals surface area contributed by atoms with Crippen LogP contribution in [0.5, 0.6) is 0 Å². The van der Waals surface area contributed by atoms with Gasteiger partial charge in [-0.2, -0.15) is 0 Å². The molecule has 0 unspecified atom stereocenters. The Balaban J connectivity index is 1.34. The number of amides is 2. The Bertz CT molecular complexity index is 1340. The van der Waals surface area contributed by atoms with Gasteiger partial charge in [0.05, 0.1) is 11.1 Å². The minimum atomic E-state index is -0.572. The second-order valence-electron chi connectivity index (χ2n) is 9.39. The third-order valence-electron chi connectivity index (χ3n) is 6.71. The van der Waals surface area contributed by atoms with E-state index < -0.39 is 5.41 Å². The van der Waals surface area contributed by atoms with Crippen LogP contribution in [0.1, 0.15) is 42.9 Å². The number of likely N-dealkylation sites (N-methyl/N-ethyl adjacent to an activating group) is 1. The molecule has 1 aliphatic heterocycles. The summed E-state index contributed by atoms with van der Waals surface area (Å²) in [6, 6.07) is 26.2. The lowest BCUT2D eigenvalue weighted by atomic mass is 9.85. The number of hydrogen-bond acceptors (Lipinski definition) is 4. The molecule has 0 spiro atoms. The highest BCUT2D eigenvalue weighted by Gasteiger charge is 2.42. The maximum atomic E-state index is 13.0. The molecule has 0 aliphatic carbocycles. The molecule has 0 bridgehead atoms. The van der Waals surface area contributed by atoms with Crippen LogP contribution in [-0.4, -0.2) is 23.8 Å². The van der Waals surface area contributed by atoms with Gasteiger partial charge in [0, 0.05) is 36.0 Å². The molecule has 4 aromatic rings. The number of nitrogens with zero attached hydrogens (tertiary/aromatic N) is 2. The van der Waals surface area contributed by atoms with Crippen molar-refractivity contribution < 1.29 is 9.59 Å². The standard InChI is InChI=1S/C29H27N3O2S/c1-29(2)23-16-21(14-15-25(23)32(3)27(29)34)24-18-35-28(30-24)31-26(33)17-22(19-10-6-4-7-11-19)20-12-8-5-9-13-20/h4-16,18,22H,17H2,1-3H3,(H,30,31,33). The monoisotopic (exact) mass is 481 g/mol. The molecule has 2 amide bonds. The highest BCUT2D eigenvalue weighted by molar-refractivity contribution is 7.14. The van der Waals surface area contributed by atoms with Crippen LogP contribution < -0.4 is 10.2 Å². The summed E-state index contributed by atoms with van der Waals surface area (Å²) in [4.78, 5) is 32.0. The molecular weight excluding hydrogens is 454 g/mol. The molecule has 35 heavy (non-hydrogen) atoms. The van der Waals surface area contributed by atoms with Gasteiger partial charge in [-0.25, -0.2) is 4.98 Å². The second kappa shape index (κ2) is 9.12. The average Bonchev–Trinajstić information content (AvgIpc) is 3.41. The minimum absolute atomic E-state index is 0.0368. The lowest BCUT2D eigenvalue weighted by Crippen LogP contribution is -2.33. The number of carbonyl (C=O) groups excluding carboxylic acids is 2. The maximum absolute atomic E-state index is 13.0. The van der Waals surface area contributed by atoms with Gasteiger partial charge in [-0.05, 0) is 42.7 Å². The van der Waals surface area contributed by atoms with Crippen molar-refractivity contribution in [1.82, 2.24) is 4.98 Å². The van der Waals surface area contributed by atoms with Crippen molar-refractivity contribution in [2.45, 2.75) is 31.6 Å². The molecule has 2 heterocycles. The Morgan fingerprint density at radius 2 is 1.63 bits per heavy atom. The number of hydrogen-bond donors (Lipinski definition) is 1. The molecule has 0 fully saturated rings. The quantitative estimate of drug-likeness (QED) is 0.355. The summed E-state index contributed by atoms with van der Waals surface area (Å²) in [5.74, 6) is -0.0292. The van der Waals surface area contributed by atoms with E-state index in [1.54, 1.807) is 4.90 Å². The van der Waals surface area contributed by atoms with Crippen molar-refractivity contribution in [2.24, 2.45) is 0 Å². The predicted octanol–water partition coefficient (Wildman–Crippen LogP) is 6.22. The number of fused-ring (bicyclic) bond motifs is 1. The number of rotatable bonds is 6. The van der Waals surface area contributed by atoms with Gasteiger partial charge in [-0.1, -0.05) is 66.7 Å². The fraction of sp³-hybridized carbons (Fsp3) is 0.207. The molecule has 0 atom stereocenters. The van der Waals surface area contributed by atoms with Crippen molar-refractivity contribution in [2.75, 3.05) is 17.3 Å². The first-order chi connectivity index (χ1) is 16.8. The number of anilines is 2.